The average molecular weight is 316 g/mol. The molecular formula is C20H32O2. The summed E-state index contributed by atoms with van der Waals surface area (Å²) in [7, 11) is 0. The quantitative estimate of drug-likeness (QED) is 0.305. The van der Waals surface area contributed by atoms with E-state index in [1.807, 2.05) is 24.3 Å². The third-order valence-electron chi connectivity index (χ3n) is 2.48. The second-order valence-electron chi connectivity index (χ2n) is 4.33. The van der Waals surface area contributed by atoms with Crippen molar-refractivity contribution in [2.24, 2.45) is 0 Å². The number of carboxylic acid groups (broad SMARTS) is 1. The van der Waals surface area contributed by atoms with Gasteiger partial charge >= 0.3 is 5.97 Å². The average Bonchev–Trinajstić information content (AvgIpc) is 2.66. The zero-order valence-electron chi connectivity index (χ0n) is 23.7. The molecule has 0 saturated heterocycles. The summed E-state index contributed by atoms with van der Waals surface area (Å²) in [5.74, 6) is -0.808. The van der Waals surface area contributed by atoms with Gasteiger partial charge < -0.3 is 5.11 Å². The SMILES string of the molecule is [2H]C([2H])([2H])C([2H])([2H])C([2H])([2H])C([2H])([2H])C([2H])([2H])/C=C\C/C=C\C/C=C\C/C=C\CCCC(=O)O. The molecule has 0 spiro atoms. The Balaban J connectivity index is 4.70. The third kappa shape index (κ3) is 18.4. The molecule has 0 fully saturated rings. The van der Waals surface area contributed by atoms with E-state index in [4.69, 9.17) is 20.2 Å². The largest absolute Gasteiger partial charge is 0.481 e. The fraction of sp³-hybridized carbons (Fsp3) is 0.550. The van der Waals surface area contributed by atoms with E-state index in [1.165, 1.54) is 6.08 Å². The van der Waals surface area contributed by atoms with E-state index < -0.39 is 38.3 Å². The highest BCUT2D eigenvalue weighted by Crippen LogP contribution is 2.01. The molecule has 124 valence electrons. The summed E-state index contributed by atoms with van der Waals surface area (Å²) in [5, 5.41) is 8.53. The summed E-state index contributed by atoms with van der Waals surface area (Å²) in [6.45, 7) is -3.48. The molecule has 2 nitrogen and oxygen atoms in total. The van der Waals surface area contributed by atoms with Gasteiger partial charge in [0.05, 0.1) is 0 Å². The van der Waals surface area contributed by atoms with Crippen molar-refractivity contribution in [3.8, 4) is 0 Å². The van der Waals surface area contributed by atoms with Crippen LogP contribution >= 0.6 is 0 Å². The Morgan fingerprint density at radius 3 is 2.14 bits per heavy atom. The molecule has 0 rings (SSSR count). The summed E-state index contributed by atoms with van der Waals surface area (Å²) in [4.78, 5) is 10.4. The number of hydrogen-bond donors (Lipinski definition) is 1. The van der Waals surface area contributed by atoms with Crippen molar-refractivity contribution >= 4 is 5.97 Å². The van der Waals surface area contributed by atoms with Crippen LogP contribution in [0.3, 0.4) is 0 Å². The molecule has 0 amide bonds. The molecule has 0 aliphatic rings. The van der Waals surface area contributed by atoms with Crippen molar-refractivity contribution in [3.05, 3.63) is 48.6 Å². The van der Waals surface area contributed by atoms with E-state index in [1.54, 1.807) is 12.2 Å². The number of carbonyl (C=O) groups is 1. The Labute approximate surface area is 151 Å². The Bertz CT molecular complexity index is 733. The number of rotatable bonds is 14. The standard InChI is InChI=1S/C20H32O2/c1-2-3-4-5-6-7-8-9-10-11-12-13-14-15-16-17-18-19-20(21)22/h6-7,9-10,12-13,15-16H,2-5,8,11,14,17-19H2,1H3,(H,21,22)/b7-6-,10-9-,13-12-,16-15-/i1D3,2D2,3D2,4D2,5D2. The van der Waals surface area contributed by atoms with E-state index in [9.17, 15) is 4.79 Å². The van der Waals surface area contributed by atoms with E-state index in [0.717, 1.165) is 6.08 Å². The molecule has 0 aliphatic carbocycles. The minimum Gasteiger partial charge on any atom is -0.481 e. The molecule has 0 saturated carbocycles. The van der Waals surface area contributed by atoms with Crippen LogP contribution in [0.4, 0.5) is 0 Å². The van der Waals surface area contributed by atoms with Gasteiger partial charge in [-0.05, 0) is 44.8 Å². The Hall–Kier alpha value is -1.57. The number of unbranched alkanes of at least 4 members (excludes halogenated alkanes) is 1. The lowest BCUT2D eigenvalue weighted by Crippen LogP contribution is -1.92. The van der Waals surface area contributed by atoms with E-state index in [0.29, 0.717) is 25.7 Å². The molecule has 2 heteroatoms. The number of allylic oxidation sites excluding steroid dienone is 8. The molecule has 0 aromatic rings. The first-order chi connectivity index (χ1) is 14.9. The lowest BCUT2D eigenvalue weighted by molar-refractivity contribution is -0.137. The predicted molar refractivity (Wildman–Crippen MR) is 96.0 cm³/mol. The van der Waals surface area contributed by atoms with Gasteiger partial charge in [-0.2, -0.15) is 0 Å². The summed E-state index contributed by atoms with van der Waals surface area (Å²) >= 11 is 0. The number of carboxylic acids is 1. The van der Waals surface area contributed by atoms with Gasteiger partial charge in [0, 0.05) is 21.5 Å². The first-order valence-electron chi connectivity index (χ1n) is 12.8. The van der Waals surface area contributed by atoms with Crippen LogP contribution in [-0.4, -0.2) is 11.1 Å². The second kappa shape index (κ2) is 17.5. The van der Waals surface area contributed by atoms with Crippen LogP contribution in [-0.2, 0) is 4.79 Å². The maximum absolute atomic E-state index is 10.4. The highest BCUT2D eigenvalue weighted by molar-refractivity contribution is 5.66. The summed E-state index contributed by atoms with van der Waals surface area (Å²) < 4.78 is 83.7. The summed E-state index contributed by atoms with van der Waals surface area (Å²) in [5.41, 5.74) is 0. The maximum Gasteiger partial charge on any atom is 0.303 e. The second-order valence-corrected chi connectivity index (χ2v) is 4.33. The highest BCUT2D eigenvalue weighted by atomic mass is 16.4. The maximum atomic E-state index is 10.4. The topological polar surface area (TPSA) is 37.3 Å². The number of hydrogen-bond acceptors (Lipinski definition) is 1. The Morgan fingerprint density at radius 1 is 0.955 bits per heavy atom. The van der Waals surface area contributed by atoms with Gasteiger partial charge in [-0.1, -0.05) is 68.2 Å². The van der Waals surface area contributed by atoms with Gasteiger partial charge in [0.1, 0.15) is 0 Å². The fourth-order valence-corrected chi connectivity index (χ4v) is 1.44. The molecular weight excluding hydrogens is 272 g/mol. The molecule has 1 N–H and O–H groups in total. The Kier molecular flexibility index (Phi) is 6.62. The van der Waals surface area contributed by atoms with Gasteiger partial charge in [-0.25, -0.2) is 0 Å². The molecule has 0 aliphatic heterocycles. The molecule has 0 aromatic heterocycles. The van der Waals surface area contributed by atoms with Gasteiger partial charge in [-0.3, -0.25) is 4.79 Å². The lowest BCUT2D eigenvalue weighted by atomic mass is 10.2. The highest BCUT2D eigenvalue weighted by Gasteiger charge is 1.92. The lowest BCUT2D eigenvalue weighted by Gasteiger charge is -1.90. The molecule has 0 heterocycles. The van der Waals surface area contributed by atoms with Gasteiger partial charge in [-0.15, -0.1) is 0 Å². The van der Waals surface area contributed by atoms with Crippen molar-refractivity contribution < 1.29 is 25.0 Å². The molecule has 0 bridgehead atoms. The monoisotopic (exact) mass is 315 g/mol. The first kappa shape index (κ1) is 8.33. The van der Waals surface area contributed by atoms with Crippen LogP contribution in [0.25, 0.3) is 0 Å². The van der Waals surface area contributed by atoms with Crippen molar-refractivity contribution in [3.63, 3.8) is 0 Å². The zero-order chi connectivity index (χ0) is 26.0. The van der Waals surface area contributed by atoms with E-state index in [2.05, 4.69) is 0 Å². The van der Waals surface area contributed by atoms with Crippen molar-refractivity contribution in [1.29, 1.82) is 0 Å². The van der Waals surface area contributed by atoms with Crippen molar-refractivity contribution in [1.82, 2.24) is 0 Å². The van der Waals surface area contributed by atoms with Gasteiger partial charge in [0.15, 0.2) is 0 Å². The Morgan fingerprint density at radius 2 is 1.55 bits per heavy atom. The smallest absolute Gasteiger partial charge is 0.303 e. The fourth-order valence-electron chi connectivity index (χ4n) is 1.44. The third-order valence-corrected chi connectivity index (χ3v) is 2.48. The molecule has 0 radical (unpaired) electrons. The van der Waals surface area contributed by atoms with Gasteiger partial charge in [0.2, 0.25) is 0 Å². The van der Waals surface area contributed by atoms with Crippen LogP contribution in [0.15, 0.2) is 48.6 Å². The zero-order valence-corrected chi connectivity index (χ0v) is 12.7. The first-order valence-corrected chi connectivity index (χ1v) is 7.26. The van der Waals surface area contributed by atoms with Gasteiger partial charge in [0.25, 0.3) is 0 Å². The van der Waals surface area contributed by atoms with E-state index in [-0.39, 0.29) is 12.8 Å². The van der Waals surface area contributed by atoms with Crippen LogP contribution in [0.5, 0.6) is 0 Å². The molecule has 0 unspecified atom stereocenters. The van der Waals surface area contributed by atoms with Crippen molar-refractivity contribution in [2.45, 2.75) is 70.9 Å². The van der Waals surface area contributed by atoms with E-state index >= 15 is 0 Å². The predicted octanol–water partition coefficient (Wildman–Crippen LogP) is 6.22. The minimum atomic E-state index is -3.63. The minimum absolute atomic E-state index is 0.149. The van der Waals surface area contributed by atoms with Crippen LogP contribution in [0, 0.1) is 0 Å². The van der Waals surface area contributed by atoms with Crippen molar-refractivity contribution in [2.75, 3.05) is 0 Å². The van der Waals surface area contributed by atoms with Crippen LogP contribution in [0.2, 0.25) is 0 Å². The summed E-state index contributed by atoms with van der Waals surface area (Å²) in [6.07, 6.45) is 2.61. The molecule has 0 atom stereocenters. The normalized spacial score (nSPS) is 23.0. The number of aliphatic carboxylic acids is 1. The summed E-state index contributed by atoms with van der Waals surface area (Å²) in [6, 6.07) is 0. The van der Waals surface area contributed by atoms with Crippen LogP contribution in [0.1, 0.15) is 85.9 Å². The molecule has 22 heavy (non-hydrogen) atoms. The van der Waals surface area contributed by atoms with Crippen LogP contribution < -0.4 is 0 Å². The molecule has 0 aromatic carbocycles.